The van der Waals surface area contributed by atoms with Crippen molar-refractivity contribution >= 4 is 30.4 Å². The lowest BCUT2D eigenvalue weighted by Gasteiger charge is -2.34. The molecule has 2 aromatic rings. The van der Waals surface area contributed by atoms with Gasteiger partial charge >= 0.3 is 12.1 Å². The molecule has 29 heavy (non-hydrogen) atoms. The number of rotatable bonds is 8. The Morgan fingerprint density at radius 1 is 1.21 bits per heavy atom. The normalized spacial score (nSPS) is 12.1. The van der Waals surface area contributed by atoms with Crippen molar-refractivity contribution in [2.45, 2.75) is 26.4 Å². The average Bonchev–Trinajstić information content (AvgIpc) is 2.68. The molecule has 8 heteroatoms. The molecule has 0 fully saturated rings. The van der Waals surface area contributed by atoms with Gasteiger partial charge in [-0.2, -0.15) is 12.6 Å². The number of para-hydroxylation sites is 1. The molecule has 0 unspecified atom stereocenters. The minimum Gasteiger partial charge on any atom is -0.505 e. The van der Waals surface area contributed by atoms with Crippen LogP contribution in [0.25, 0.3) is 0 Å². The molecule has 0 aliphatic rings. The number of halogens is 1. The topological polar surface area (TPSA) is 84.9 Å². The Morgan fingerprint density at radius 2 is 1.90 bits per heavy atom. The second-order valence-corrected chi connectivity index (χ2v) is 7.42. The smallest absolute Gasteiger partial charge is 0.412 e. The molecule has 0 spiro atoms. The molecule has 0 saturated heterocycles. The van der Waals surface area contributed by atoms with E-state index in [0.717, 1.165) is 6.07 Å². The molecule has 2 N–H and O–H groups in total. The summed E-state index contributed by atoms with van der Waals surface area (Å²) in [6.45, 7) is 3.71. The van der Waals surface area contributed by atoms with E-state index < -0.39 is 35.1 Å². The number of amides is 1. The maximum absolute atomic E-state index is 13.9. The molecule has 0 bridgehead atoms. The van der Waals surface area contributed by atoms with Crippen LogP contribution >= 0.6 is 12.6 Å². The van der Waals surface area contributed by atoms with E-state index in [2.05, 4.69) is 17.9 Å². The summed E-state index contributed by atoms with van der Waals surface area (Å²) < 4.78 is 24.6. The van der Waals surface area contributed by atoms with Gasteiger partial charge in [0, 0.05) is 11.1 Å². The number of carbonyl (C=O) groups is 2. The lowest BCUT2D eigenvalue weighted by atomic mass is 9.80. The Hall–Kier alpha value is -2.74. The molecule has 156 valence electrons. The second kappa shape index (κ2) is 10.2. The monoisotopic (exact) mass is 421 g/mol. The van der Waals surface area contributed by atoms with E-state index in [0.29, 0.717) is 17.7 Å². The first-order valence-electron chi connectivity index (χ1n) is 9.00. The minimum atomic E-state index is -0.865. The van der Waals surface area contributed by atoms with Crippen LogP contribution in [0.3, 0.4) is 0 Å². The summed E-state index contributed by atoms with van der Waals surface area (Å²) in [7, 11) is 0. The van der Waals surface area contributed by atoms with Crippen LogP contribution in [0.15, 0.2) is 48.5 Å². The van der Waals surface area contributed by atoms with Crippen molar-refractivity contribution in [3.63, 3.8) is 0 Å². The zero-order valence-electron chi connectivity index (χ0n) is 16.2. The number of anilines is 1. The Kier molecular flexibility index (Phi) is 7.90. The lowest BCUT2D eigenvalue weighted by molar-refractivity contribution is -0.141. The van der Waals surface area contributed by atoms with Crippen LogP contribution in [0.1, 0.15) is 31.9 Å². The number of esters is 1. The first-order valence-corrected chi connectivity index (χ1v) is 9.64. The summed E-state index contributed by atoms with van der Waals surface area (Å²) in [4.78, 5) is 23.8. The number of hydrogen-bond acceptors (Lipinski definition) is 6. The highest BCUT2D eigenvalue weighted by Gasteiger charge is 2.35. The van der Waals surface area contributed by atoms with Crippen molar-refractivity contribution in [2.24, 2.45) is 5.41 Å². The van der Waals surface area contributed by atoms with E-state index in [-0.39, 0.29) is 12.4 Å². The Bertz CT molecular complexity index is 844. The zero-order valence-corrected chi connectivity index (χ0v) is 17.1. The van der Waals surface area contributed by atoms with E-state index in [1.807, 2.05) is 19.9 Å². The fourth-order valence-electron chi connectivity index (χ4n) is 2.75. The van der Waals surface area contributed by atoms with Gasteiger partial charge in [0.25, 0.3) is 0 Å². The third-order valence-electron chi connectivity index (χ3n) is 4.37. The fourth-order valence-corrected chi connectivity index (χ4v) is 2.84. The van der Waals surface area contributed by atoms with Crippen molar-refractivity contribution in [1.82, 2.24) is 0 Å². The van der Waals surface area contributed by atoms with Gasteiger partial charge in [0.15, 0.2) is 11.6 Å². The number of carbonyl (C=O) groups excluding carboxylic acids is 2. The SMILES string of the molecule is CC(C)(CCOC(=O)CS)[C@H](OC(=O)Nc1ccccc1)c1ccc(O)c(F)c1. The predicted molar refractivity (Wildman–Crippen MR) is 111 cm³/mol. The number of phenols is 1. The molecular weight excluding hydrogens is 397 g/mol. The second-order valence-electron chi connectivity index (χ2n) is 7.10. The summed E-state index contributed by atoms with van der Waals surface area (Å²) in [5.74, 6) is -1.82. The standard InChI is InChI=1S/C21H24FNO5S/c1-21(2,10-11-27-18(25)13-29)19(14-8-9-17(24)16(22)12-14)28-20(26)23-15-6-4-3-5-7-15/h3-9,12,19,24,29H,10-11,13H2,1-2H3,(H,23,26)/t19-/m1/s1. The average molecular weight is 421 g/mol. The van der Waals surface area contributed by atoms with Gasteiger partial charge in [-0.15, -0.1) is 0 Å². The Morgan fingerprint density at radius 3 is 2.52 bits per heavy atom. The molecule has 0 saturated carbocycles. The van der Waals surface area contributed by atoms with Gasteiger partial charge in [0.05, 0.1) is 12.4 Å². The third kappa shape index (κ3) is 6.67. The molecular formula is C21H24FNO5S. The van der Waals surface area contributed by atoms with Crippen LogP contribution in [0, 0.1) is 11.2 Å². The Balaban J connectivity index is 2.21. The molecule has 0 radical (unpaired) electrons. The molecule has 0 aliphatic carbocycles. The van der Waals surface area contributed by atoms with Gasteiger partial charge in [0.2, 0.25) is 0 Å². The molecule has 1 atom stereocenters. The van der Waals surface area contributed by atoms with E-state index in [9.17, 15) is 19.1 Å². The summed E-state index contributed by atoms with van der Waals surface area (Å²) in [6.07, 6.45) is -1.23. The van der Waals surface area contributed by atoms with E-state index in [1.54, 1.807) is 24.3 Å². The maximum Gasteiger partial charge on any atom is 0.412 e. The largest absolute Gasteiger partial charge is 0.505 e. The third-order valence-corrected chi connectivity index (χ3v) is 4.63. The van der Waals surface area contributed by atoms with Gasteiger partial charge < -0.3 is 14.6 Å². The van der Waals surface area contributed by atoms with Crippen LogP contribution in [0.2, 0.25) is 0 Å². The van der Waals surface area contributed by atoms with Crippen molar-refractivity contribution in [3.05, 3.63) is 59.9 Å². The van der Waals surface area contributed by atoms with Crippen LogP contribution in [-0.4, -0.2) is 29.5 Å². The quantitative estimate of drug-likeness (QED) is 0.425. The van der Waals surface area contributed by atoms with Crippen molar-refractivity contribution in [2.75, 3.05) is 17.7 Å². The Labute approximate surface area is 174 Å². The first-order chi connectivity index (χ1) is 13.7. The van der Waals surface area contributed by atoms with Gasteiger partial charge in [-0.25, -0.2) is 9.18 Å². The number of aromatic hydroxyl groups is 1. The number of thiol groups is 1. The number of ether oxygens (including phenoxy) is 2. The highest BCUT2D eigenvalue weighted by Crippen LogP contribution is 2.40. The van der Waals surface area contributed by atoms with Gasteiger partial charge in [0.1, 0.15) is 6.10 Å². The summed E-state index contributed by atoms with van der Waals surface area (Å²) >= 11 is 3.85. The molecule has 2 rings (SSSR count). The summed E-state index contributed by atoms with van der Waals surface area (Å²) in [6, 6.07) is 12.6. The molecule has 6 nitrogen and oxygen atoms in total. The van der Waals surface area contributed by atoms with Crippen molar-refractivity contribution in [3.8, 4) is 5.75 Å². The lowest BCUT2D eigenvalue weighted by Crippen LogP contribution is -2.30. The van der Waals surface area contributed by atoms with Crippen LogP contribution in [0.4, 0.5) is 14.9 Å². The first kappa shape index (κ1) is 22.5. The molecule has 0 aromatic heterocycles. The summed E-state index contributed by atoms with van der Waals surface area (Å²) in [5, 5.41) is 12.1. The van der Waals surface area contributed by atoms with Gasteiger partial charge in [-0.3, -0.25) is 10.1 Å². The highest BCUT2D eigenvalue weighted by atomic mass is 32.1. The minimum absolute atomic E-state index is 0.0387. The van der Waals surface area contributed by atoms with E-state index >= 15 is 0 Å². The molecule has 0 aliphatic heterocycles. The van der Waals surface area contributed by atoms with Crippen molar-refractivity contribution < 1.29 is 28.6 Å². The summed E-state index contributed by atoms with van der Waals surface area (Å²) in [5.41, 5.74) is 0.205. The molecule has 0 heterocycles. The van der Waals surface area contributed by atoms with Gasteiger partial charge in [-0.05, 0) is 36.2 Å². The molecule has 2 aromatic carbocycles. The fraction of sp³-hybridized carbons (Fsp3) is 0.333. The maximum atomic E-state index is 13.9. The highest BCUT2D eigenvalue weighted by molar-refractivity contribution is 7.81. The zero-order chi connectivity index (χ0) is 21.4. The van der Waals surface area contributed by atoms with Crippen molar-refractivity contribution in [1.29, 1.82) is 0 Å². The predicted octanol–water partition coefficient (Wildman–Crippen LogP) is 4.71. The van der Waals surface area contributed by atoms with E-state index in [4.69, 9.17) is 9.47 Å². The number of phenolic OH excluding ortho intramolecular Hbond substituents is 1. The number of benzene rings is 2. The number of nitrogens with one attached hydrogen (secondary N) is 1. The number of hydrogen-bond donors (Lipinski definition) is 3. The van der Waals surface area contributed by atoms with Crippen LogP contribution < -0.4 is 5.32 Å². The van der Waals surface area contributed by atoms with Crippen LogP contribution in [0.5, 0.6) is 5.75 Å². The van der Waals surface area contributed by atoms with Crippen LogP contribution in [-0.2, 0) is 14.3 Å². The molecule has 1 amide bonds. The van der Waals surface area contributed by atoms with Gasteiger partial charge in [-0.1, -0.05) is 38.1 Å². The van der Waals surface area contributed by atoms with E-state index in [1.165, 1.54) is 12.1 Å².